The second-order valence-corrected chi connectivity index (χ2v) is 10.2. The van der Waals surface area contributed by atoms with Crippen molar-refractivity contribution in [2.75, 3.05) is 19.6 Å². The lowest BCUT2D eigenvalue weighted by molar-refractivity contribution is -0.134. The van der Waals surface area contributed by atoms with Gasteiger partial charge in [-0.25, -0.2) is 8.42 Å². The molecule has 1 heterocycles. The Labute approximate surface area is 180 Å². The zero-order valence-corrected chi connectivity index (χ0v) is 19.4. The molecule has 0 spiro atoms. The van der Waals surface area contributed by atoms with E-state index in [1.165, 1.54) is 9.87 Å². The van der Waals surface area contributed by atoms with Crippen LogP contribution in [-0.2, 0) is 21.2 Å². The summed E-state index contributed by atoms with van der Waals surface area (Å²) in [5.74, 6) is -0.142. The Morgan fingerprint density at radius 2 is 1.77 bits per heavy atom. The van der Waals surface area contributed by atoms with Crippen LogP contribution in [0.1, 0.15) is 54.1 Å². The highest BCUT2D eigenvalue weighted by Gasteiger charge is 2.33. The predicted octanol–water partition coefficient (Wildman–Crippen LogP) is 4.16. The molecule has 0 saturated carbocycles. The number of sulfonamides is 1. The molecule has 30 heavy (non-hydrogen) atoms. The molecule has 1 unspecified atom stereocenters. The van der Waals surface area contributed by atoms with Crippen LogP contribution < -0.4 is 0 Å². The number of hydrogen-bond acceptors (Lipinski definition) is 3. The maximum atomic E-state index is 13.5. The zero-order chi connectivity index (χ0) is 22.1. The third-order valence-electron chi connectivity index (χ3n) is 5.90. The Morgan fingerprint density at radius 3 is 2.40 bits per heavy atom. The monoisotopic (exact) mass is 428 g/mol. The minimum atomic E-state index is -3.77. The van der Waals surface area contributed by atoms with Crippen molar-refractivity contribution in [3.8, 4) is 0 Å². The molecule has 0 fully saturated rings. The maximum absolute atomic E-state index is 13.5. The molecule has 0 bridgehead atoms. The van der Waals surface area contributed by atoms with Crippen LogP contribution >= 0.6 is 0 Å². The highest BCUT2D eigenvalue weighted by atomic mass is 32.2. The van der Waals surface area contributed by atoms with Crippen LogP contribution in [0, 0.1) is 20.8 Å². The molecule has 162 valence electrons. The average molecular weight is 429 g/mol. The van der Waals surface area contributed by atoms with Crippen LogP contribution in [0.2, 0.25) is 0 Å². The van der Waals surface area contributed by atoms with Gasteiger partial charge in [0.1, 0.15) is 0 Å². The third-order valence-corrected chi connectivity index (χ3v) is 8.05. The van der Waals surface area contributed by atoms with Crippen molar-refractivity contribution in [2.24, 2.45) is 0 Å². The molecule has 0 radical (unpaired) electrons. The van der Waals surface area contributed by atoms with Crippen molar-refractivity contribution in [3.63, 3.8) is 0 Å². The van der Waals surface area contributed by atoms with E-state index in [9.17, 15) is 13.2 Å². The summed E-state index contributed by atoms with van der Waals surface area (Å²) in [6.07, 6.45) is 1.44. The standard InChI is InChI=1S/C24H32N2O3S/c1-6-12-25(30(28,29)24-18(3)14-17(2)15-19(24)4)16-23(27)26-13-11-21-9-7-8-10-22(21)20(26)5/h7-10,14-15,20H,6,11-13,16H2,1-5H3. The van der Waals surface area contributed by atoms with Gasteiger partial charge in [-0.15, -0.1) is 0 Å². The summed E-state index contributed by atoms with van der Waals surface area (Å²) < 4.78 is 28.4. The van der Waals surface area contributed by atoms with E-state index >= 15 is 0 Å². The van der Waals surface area contributed by atoms with Crippen molar-refractivity contribution in [3.05, 3.63) is 64.2 Å². The van der Waals surface area contributed by atoms with Crippen molar-refractivity contribution in [2.45, 2.75) is 58.4 Å². The van der Waals surface area contributed by atoms with Gasteiger partial charge in [-0.1, -0.05) is 48.9 Å². The van der Waals surface area contributed by atoms with E-state index in [4.69, 9.17) is 0 Å². The summed E-state index contributed by atoms with van der Waals surface area (Å²) in [4.78, 5) is 15.4. The third kappa shape index (κ3) is 4.30. The summed E-state index contributed by atoms with van der Waals surface area (Å²) in [7, 11) is -3.77. The first-order chi connectivity index (χ1) is 14.2. The minimum absolute atomic E-state index is 0.0588. The number of fused-ring (bicyclic) bond motifs is 1. The van der Waals surface area contributed by atoms with Gasteiger partial charge in [0.15, 0.2) is 0 Å². The normalized spacial score (nSPS) is 16.6. The fourth-order valence-corrected chi connectivity index (χ4v) is 6.48. The Bertz CT molecular complexity index is 1020. The number of nitrogens with zero attached hydrogens (tertiary/aromatic N) is 2. The Kier molecular flexibility index (Phi) is 6.68. The number of hydrogen-bond donors (Lipinski definition) is 0. The average Bonchev–Trinajstić information content (AvgIpc) is 2.67. The smallest absolute Gasteiger partial charge is 0.244 e. The molecule has 5 nitrogen and oxygen atoms in total. The SMILES string of the molecule is CCCN(CC(=O)N1CCc2ccccc2C1C)S(=O)(=O)c1c(C)cc(C)cc1C. The van der Waals surface area contributed by atoms with Crippen LogP contribution in [0.4, 0.5) is 0 Å². The minimum Gasteiger partial charge on any atom is -0.334 e. The van der Waals surface area contributed by atoms with Gasteiger partial charge in [-0.2, -0.15) is 4.31 Å². The summed E-state index contributed by atoms with van der Waals surface area (Å²) in [6.45, 7) is 10.4. The van der Waals surface area contributed by atoms with Crippen LogP contribution in [0.5, 0.6) is 0 Å². The second kappa shape index (κ2) is 8.90. The Morgan fingerprint density at radius 1 is 1.13 bits per heavy atom. The van der Waals surface area contributed by atoms with Crippen LogP contribution in [-0.4, -0.2) is 43.2 Å². The highest BCUT2D eigenvalue weighted by molar-refractivity contribution is 7.89. The van der Waals surface area contributed by atoms with Gasteiger partial charge in [0.25, 0.3) is 0 Å². The summed E-state index contributed by atoms with van der Waals surface area (Å²) in [5, 5.41) is 0. The van der Waals surface area contributed by atoms with Crippen LogP contribution in [0.3, 0.4) is 0 Å². The molecule has 3 rings (SSSR count). The lowest BCUT2D eigenvalue weighted by atomic mass is 9.93. The summed E-state index contributed by atoms with van der Waals surface area (Å²) in [6, 6.07) is 11.9. The van der Waals surface area contributed by atoms with Gasteiger partial charge in [0, 0.05) is 13.1 Å². The molecule has 2 aromatic rings. The van der Waals surface area contributed by atoms with Gasteiger partial charge in [0.2, 0.25) is 15.9 Å². The summed E-state index contributed by atoms with van der Waals surface area (Å²) >= 11 is 0. The Balaban J connectivity index is 1.88. The quantitative estimate of drug-likeness (QED) is 0.694. The maximum Gasteiger partial charge on any atom is 0.244 e. The first-order valence-electron chi connectivity index (χ1n) is 10.6. The van der Waals surface area contributed by atoms with E-state index in [2.05, 4.69) is 12.1 Å². The van der Waals surface area contributed by atoms with Gasteiger partial charge in [-0.05, 0) is 62.8 Å². The Hall–Kier alpha value is -2.18. The molecular weight excluding hydrogens is 396 g/mol. The van der Waals surface area contributed by atoms with Gasteiger partial charge in [-0.3, -0.25) is 4.79 Å². The summed E-state index contributed by atoms with van der Waals surface area (Å²) in [5.41, 5.74) is 4.88. The topological polar surface area (TPSA) is 57.7 Å². The van der Waals surface area contributed by atoms with Crippen molar-refractivity contribution in [1.29, 1.82) is 0 Å². The van der Waals surface area contributed by atoms with Gasteiger partial charge in [0.05, 0.1) is 17.5 Å². The molecule has 1 aliphatic heterocycles. The number of carbonyl (C=O) groups is 1. The number of amides is 1. The number of aryl methyl sites for hydroxylation is 3. The first kappa shape index (κ1) is 22.5. The molecule has 0 N–H and O–H groups in total. The van der Waals surface area contributed by atoms with Gasteiger partial charge >= 0.3 is 0 Å². The molecule has 0 aliphatic carbocycles. The van der Waals surface area contributed by atoms with E-state index in [-0.39, 0.29) is 18.5 Å². The van der Waals surface area contributed by atoms with Gasteiger partial charge < -0.3 is 4.90 Å². The molecule has 0 aromatic heterocycles. The molecule has 1 aliphatic rings. The van der Waals surface area contributed by atoms with E-state index < -0.39 is 10.0 Å². The van der Waals surface area contributed by atoms with Crippen molar-refractivity contribution in [1.82, 2.24) is 9.21 Å². The molecular formula is C24H32N2O3S. The molecule has 2 aromatic carbocycles. The number of benzene rings is 2. The van der Waals surface area contributed by atoms with E-state index in [1.807, 2.05) is 63.8 Å². The molecule has 1 amide bonds. The molecule has 1 atom stereocenters. The van der Waals surface area contributed by atoms with E-state index in [1.54, 1.807) is 0 Å². The predicted molar refractivity (Wildman–Crippen MR) is 120 cm³/mol. The fraction of sp³-hybridized carbons (Fsp3) is 0.458. The number of carbonyl (C=O) groups excluding carboxylic acids is 1. The van der Waals surface area contributed by atoms with E-state index in [0.29, 0.717) is 24.4 Å². The second-order valence-electron chi connectivity index (χ2n) is 8.28. The largest absolute Gasteiger partial charge is 0.334 e. The van der Waals surface area contributed by atoms with E-state index in [0.717, 1.165) is 28.7 Å². The molecule has 0 saturated heterocycles. The fourth-order valence-electron chi connectivity index (χ4n) is 4.59. The first-order valence-corrected chi connectivity index (χ1v) is 12.1. The highest BCUT2D eigenvalue weighted by Crippen LogP contribution is 2.30. The molecule has 6 heteroatoms. The van der Waals surface area contributed by atoms with Crippen LogP contribution in [0.25, 0.3) is 0 Å². The van der Waals surface area contributed by atoms with Crippen LogP contribution in [0.15, 0.2) is 41.3 Å². The van der Waals surface area contributed by atoms with Crippen molar-refractivity contribution >= 4 is 15.9 Å². The lowest BCUT2D eigenvalue weighted by Crippen LogP contribution is -2.46. The number of rotatable bonds is 6. The lowest BCUT2D eigenvalue weighted by Gasteiger charge is -2.36. The van der Waals surface area contributed by atoms with Crippen molar-refractivity contribution < 1.29 is 13.2 Å². The zero-order valence-electron chi connectivity index (χ0n) is 18.6.